The summed E-state index contributed by atoms with van der Waals surface area (Å²) in [6.07, 6.45) is 0.570. The number of aromatic hydroxyl groups is 1. The third kappa shape index (κ3) is 3.47. The molecule has 0 aliphatic carbocycles. The van der Waals surface area contributed by atoms with Crippen LogP contribution in [0.25, 0.3) is 0 Å². The Kier molecular flexibility index (Phi) is 5.16. The first-order valence-corrected chi connectivity index (χ1v) is 6.18. The molecule has 0 heterocycles. The first-order valence-electron chi connectivity index (χ1n) is 6.18. The van der Waals surface area contributed by atoms with Gasteiger partial charge in [-0.25, -0.2) is 0 Å². The van der Waals surface area contributed by atoms with E-state index >= 15 is 0 Å². The highest BCUT2D eigenvalue weighted by Crippen LogP contribution is 2.18. The monoisotopic (exact) mass is 251 g/mol. The highest BCUT2D eigenvalue weighted by atomic mass is 16.3. The van der Waals surface area contributed by atoms with Gasteiger partial charge in [-0.05, 0) is 51.0 Å². The van der Waals surface area contributed by atoms with Gasteiger partial charge in [-0.15, -0.1) is 0 Å². The highest BCUT2D eigenvalue weighted by Gasteiger charge is 2.19. The molecule has 1 aromatic carbocycles. The molecule has 0 atom stereocenters. The van der Waals surface area contributed by atoms with E-state index in [1.807, 2.05) is 13.8 Å². The number of nitrogens with zero attached hydrogens (tertiary/aromatic N) is 1. The fraction of sp³-hybridized carbons (Fsp3) is 0.500. The molecule has 0 fully saturated rings. The summed E-state index contributed by atoms with van der Waals surface area (Å²) in [5.41, 5.74) is 1.36. The van der Waals surface area contributed by atoms with Crippen LogP contribution in [0.3, 0.4) is 0 Å². The van der Waals surface area contributed by atoms with Gasteiger partial charge in [0.1, 0.15) is 5.75 Å². The number of hydrogen-bond acceptors (Lipinski definition) is 3. The summed E-state index contributed by atoms with van der Waals surface area (Å²) in [4.78, 5) is 14.1. The number of aryl methyl sites for hydroxylation is 1. The SMILES string of the molecule is Cc1cc(O)ccc1C(=O)N(CCCO)C(C)C. The Morgan fingerprint density at radius 2 is 2.06 bits per heavy atom. The molecule has 0 aliphatic heterocycles. The number of phenols is 1. The van der Waals surface area contributed by atoms with Crippen LogP contribution in [0, 0.1) is 6.92 Å². The number of amides is 1. The second-order valence-electron chi connectivity index (χ2n) is 4.67. The average Bonchev–Trinajstić information content (AvgIpc) is 2.28. The topological polar surface area (TPSA) is 60.8 Å². The van der Waals surface area contributed by atoms with Gasteiger partial charge in [0.15, 0.2) is 0 Å². The second-order valence-corrected chi connectivity index (χ2v) is 4.67. The van der Waals surface area contributed by atoms with Crippen LogP contribution in [0.1, 0.15) is 36.2 Å². The molecule has 18 heavy (non-hydrogen) atoms. The summed E-state index contributed by atoms with van der Waals surface area (Å²) in [5, 5.41) is 18.2. The maximum atomic E-state index is 12.4. The lowest BCUT2D eigenvalue weighted by Gasteiger charge is -2.27. The number of aliphatic hydroxyl groups is 1. The summed E-state index contributed by atoms with van der Waals surface area (Å²) in [6.45, 7) is 6.31. The molecule has 0 saturated heterocycles. The molecular weight excluding hydrogens is 230 g/mol. The van der Waals surface area contributed by atoms with Crippen molar-refractivity contribution in [3.05, 3.63) is 29.3 Å². The number of benzene rings is 1. The van der Waals surface area contributed by atoms with Crippen molar-refractivity contribution in [1.82, 2.24) is 4.90 Å². The Hall–Kier alpha value is -1.55. The number of aliphatic hydroxyl groups excluding tert-OH is 1. The van der Waals surface area contributed by atoms with E-state index in [0.29, 0.717) is 18.5 Å². The van der Waals surface area contributed by atoms with Crippen LogP contribution >= 0.6 is 0 Å². The van der Waals surface area contributed by atoms with E-state index in [-0.39, 0.29) is 24.3 Å². The van der Waals surface area contributed by atoms with E-state index in [2.05, 4.69) is 0 Å². The fourth-order valence-corrected chi connectivity index (χ4v) is 1.88. The number of carbonyl (C=O) groups excluding carboxylic acids is 1. The quantitative estimate of drug-likeness (QED) is 0.840. The smallest absolute Gasteiger partial charge is 0.254 e. The normalized spacial score (nSPS) is 10.7. The Labute approximate surface area is 108 Å². The third-order valence-electron chi connectivity index (χ3n) is 2.88. The van der Waals surface area contributed by atoms with Crippen molar-refractivity contribution in [3.63, 3.8) is 0 Å². The summed E-state index contributed by atoms with van der Waals surface area (Å²) in [7, 11) is 0. The van der Waals surface area contributed by atoms with Gasteiger partial charge < -0.3 is 15.1 Å². The number of rotatable bonds is 5. The van der Waals surface area contributed by atoms with Crippen molar-refractivity contribution < 1.29 is 15.0 Å². The molecule has 0 aliphatic rings. The maximum Gasteiger partial charge on any atom is 0.254 e. The summed E-state index contributed by atoms with van der Waals surface area (Å²) in [5.74, 6) is 0.103. The molecule has 1 amide bonds. The minimum absolute atomic E-state index is 0.0593. The molecule has 2 N–H and O–H groups in total. The van der Waals surface area contributed by atoms with Gasteiger partial charge in [0, 0.05) is 24.8 Å². The van der Waals surface area contributed by atoms with Crippen molar-refractivity contribution in [2.45, 2.75) is 33.2 Å². The number of hydrogen-bond donors (Lipinski definition) is 2. The molecule has 4 nitrogen and oxygen atoms in total. The zero-order valence-corrected chi connectivity index (χ0v) is 11.2. The van der Waals surface area contributed by atoms with Gasteiger partial charge in [-0.2, -0.15) is 0 Å². The zero-order chi connectivity index (χ0) is 13.7. The Morgan fingerprint density at radius 3 is 2.56 bits per heavy atom. The van der Waals surface area contributed by atoms with Gasteiger partial charge in [0.25, 0.3) is 5.91 Å². The van der Waals surface area contributed by atoms with E-state index in [1.165, 1.54) is 6.07 Å². The van der Waals surface area contributed by atoms with Crippen molar-refractivity contribution in [3.8, 4) is 5.75 Å². The highest BCUT2D eigenvalue weighted by molar-refractivity contribution is 5.96. The van der Waals surface area contributed by atoms with E-state index in [1.54, 1.807) is 24.0 Å². The number of carbonyl (C=O) groups is 1. The lowest BCUT2D eigenvalue weighted by Crippen LogP contribution is -2.38. The van der Waals surface area contributed by atoms with Crippen LogP contribution in [0.15, 0.2) is 18.2 Å². The van der Waals surface area contributed by atoms with E-state index < -0.39 is 0 Å². The average molecular weight is 251 g/mol. The molecule has 0 unspecified atom stereocenters. The lowest BCUT2D eigenvalue weighted by atomic mass is 10.1. The predicted octanol–water partition coefficient (Wildman–Crippen LogP) is 1.93. The predicted molar refractivity (Wildman–Crippen MR) is 70.7 cm³/mol. The molecular formula is C14H21NO3. The van der Waals surface area contributed by atoms with Crippen LogP contribution in [0.5, 0.6) is 5.75 Å². The van der Waals surface area contributed by atoms with Gasteiger partial charge in [-0.1, -0.05) is 0 Å². The largest absolute Gasteiger partial charge is 0.508 e. The van der Waals surface area contributed by atoms with E-state index in [4.69, 9.17) is 5.11 Å². The second kappa shape index (κ2) is 6.40. The lowest BCUT2D eigenvalue weighted by molar-refractivity contribution is 0.0692. The molecule has 100 valence electrons. The standard InChI is InChI=1S/C14H21NO3/c1-10(2)15(7-4-8-16)14(18)13-6-5-12(17)9-11(13)3/h5-6,9-10,16-17H,4,7-8H2,1-3H3. The molecule has 0 aromatic heterocycles. The minimum Gasteiger partial charge on any atom is -0.508 e. The Balaban J connectivity index is 2.94. The van der Waals surface area contributed by atoms with Gasteiger partial charge in [0.2, 0.25) is 0 Å². The van der Waals surface area contributed by atoms with Crippen molar-refractivity contribution >= 4 is 5.91 Å². The van der Waals surface area contributed by atoms with E-state index in [9.17, 15) is 9.90 Å². The zero-order valence-electron chi connectivity index (χ0n) is 11.2. The third-order valence-corrected chi connectivity index (χ3v) is 2.88. The van der Waals surface area contributed by atoms with Crippen LogP contribution in [0.4, 0.5) is 0 Å². The van der Waals surface area contributed by atoms with Crippen LogP contribution in [-0.4, -0.2) is 40.2 Å². The first-order chi connectivity index (χ1) is 8.47. The van der Waals surface area contributed by atoms with Gasteiger partial charge in [0.05, 0.1) is 0 Å². The molecule has 4 heteroatoms. The molecule has 1 rings (SSSR count). The summed E-state index contributed by atoms with van der Waals surface area (Å²) < 4.78 is 0. The summed E-state index contributed by atoms with van der Waals surface area (Å²) >= 11 is 0. The number of phenolic OH excluding ortho intramolecular Hbond substituents is 1. The molecule has 0 radical (unpaired) electrons. The van der Waals surface area contributed by atoms with Crippen LogP contribution in [-0.2, 0) is 0 Å². The minimum atomic E-state index is -0.0593. The Morgan fingerprint density at radius 1 is 1.39 bits per heavy atom. The Bertz CT molecular complexity index is 416. The molecule has 1 aromatic rings. The van der Waals surface area contributed by atoms with Crippen molar-refractivity contribution in [1.29, 1.82) is 0 Å². The molecule has 0 spiro atoms. The van der Waals surface area contributed by atoms with Crippen molar-refractivity contribution in [2.75, 3.05) is 13.2 Å². The van der Waals surface area contributed by atoms with Crippen LogP contribution < -0.4 is 0 Å². The summed E-state index contributed by atoms with van der Waals surface area (Å²) in [6, 6.07) is 4.82. The molecule has 0 bridgehead atoms. The molecule has 0 saturated carbocycles. The van der Waals surface area contributed by atoms with Crippen molar-refractivity contribution in [2.24, 2.45) is 0 Å². The fourth-order valence-electron chi connectivity index (χ4n) is 1.88. The van der Waals surface area contributed by atoms with Gasteiger partial charge >= 0.3 is 0 Å². The van der Waals surface area contributed by atoms with Gasteiger partial charge in [-0.3, -0.25) is 4.79 Å². The van der Waals surface area contributed by atoms with E-state index in [0.717, 1.165) is 5.56 Å². The maximum absolute atomic E-state index is 12.4. The first kappa shape index (κ1) is 14.5. The van der Waals surface area contributed by atoms with Crippen LogP contribution in [0.2, 0.25) is 0 Å².